The van der Waals surface area contributed by atoms with Crippen molar-refractivity contribution < 1.29 is 4.39 Å². The molecule has 1 aliphatic heterocycles. The Morgan fingerprint density at radius 1 is 1.33 bits per heavy atom. The number of alkyl halides is 1. The molecule has 0 aromatic heterocycles. The molecule has 0 amide bonds. The summed E-state index contributed by atoms with van der Waals surface area (Å²) >= 11 is 5.90. The average Bonchev–Trinajstić information content (AvgIpc) is 2.38. The van der Waals surface area contributed by atoms with Gasteiger partial charge in [0.1, 0.15) is 5.82 Å². The Balaban J connectivity index is 2.09. The van der Waals surface area contributed by atoms with Crippen LogP contribution < -0.4 is 4.90 Å². The smallest absolute Gasteiger partial charge is 0.123 e. The second kappa shape index (κ2) is 5.89. The maximum absolute atomic E-state index is 13.2. The van der Waals surface area contributed by atoms with Crippen LogP contribution in [0.3, 0.4) is 0 Å². The zero-order valence-corrected chi connectivity index (χ0v) is 11.8. The van der Waals surface area contributed by atoms with Crippen LogP contribution in [0, 0.1) is 5.82 Å². The highest BCUT2D eigenvalue weighted by Crippen LogP contribution is 2.27. The van der Waals surface area contributed by atoms with Crippen LogP contribution in [0.2, 0.25) is 0 Å². The first-order valence-electron chi connectivity index (χ1n) is 6.37. The molecule has 1 aromatic carbocycles. The van der Waals surface area contributed by atoms with Crippen molar-refractivity contribution in [2.75, 3.05) is 32.1 Å². The molecule has 0 saturated carbocycles. The third-order valence-electron chi connectivity index (χ3n) is 3.72. The number of benzene rings is 1. The molecule has 0 aliphatic carbocycles. The van der Waals surface area contributed by atoms with E-state index in [2.05, 4.69) is 23.9 Å². The Kier molecular flexibility index (Phi) is 4.46. The number of nitrogens with zero attached hydrogens (tertiary/aromatic N) is 2. The molecule has 1 aliphatic rings. The molecule has 2 nitrogen and oxygen atoms in total. The molecule has 0 unspecified atom stereocenters. The molecule has 4 heteroatoms. The number of rotatable bonds is 3. The molecule has 1 heterocycles. The molecule has 0 radical (unpaired) electrons. The van der Waals surface area contributed by atoms with Gasteiger partial charge in [-0.25, -0.2) is 4.39 Å². The third-order valence-corrected chi connectivity index (χ3v) is 4.01. The lowest BCUT2D eigenvalue weighted by Gasteiger charge is -2.37. The highest BCUT2D eigenvalue weighted by atomic mass is 35.5. The van der Waals surface area contributed by atoms with E-state index < -0.39 is 0 Å². The monoisotopic (exact) mass is 270 g/mol. The molecule has 18 heavy (non-hydrogen) atoms. The molecule has 0 N–H and O–H groups in total. The van der Waals surface area contributed by atoms with Gasteiger partial charge in [0.2, 0.25) is 0 Å². The summed E-state index contributed by atoms with van der Waals surface area (Å²) in [7, 11) is 4.25. The van der Waals surface area contributed by atoms with E-state index in [0.717, 1.165) is 37.2 Å². The van der Waals surface area contributed by atoms with Crippen LogP contribution in [-0.2, 0) is 5.88 Å². The first-order chi connectivity index (χ1) is 8.61. The highest BCUT2D eigenvalue weighted by molar-refractivity contribution is 6.17. The fourth-order valence-corrected chi connectivity index (χ4v) is 2.81. The highest BCUT2D eigenvalue weighted by Gasteiger charge is 2.22. The van der Waals surface area contributed by atoms with Gasteiger partial charge in [0.05, 0.1) is 0 Å². The summed E-state index contributed by atoms with van der Waals surface area (Å²) in [6.45, 7) is 2.02. The van der Waals surface area contributed by atoms with Crippen molar-refractivity contribution in [2.24, 2.45) is 0 Å². The van der Waals surface area contributed by atoms with Gasteiger partial charge < -0.3 is 9.80 Å². The molecule has 0 bridgehead atoms. The lowest BCUT2D eigenvalue weighted by atomic mass is 10.0. The maximum Gasteiger partial charge on any atom is 0.123 e. The molecular weight excluding hydrogens is 251 g/mol. The number of anilines is 1. The summed E-state index contributed by atoms with van der Waals surface area (Å²) in [6, 6.07) is 5.56. The summed E-state index contributed by atoms with van der Waals surface area (Å²) in [4.78, 5) is 4.60. The quantitative estimate of drug-likeness (QED) is 0.779. The Hall–Kier alpha value is -0.800. The summed E-state index contributed by atoms with van der Waals surface area (Å²) < 4.78 is 13.2. The molecule has 0 spiro atoms. The maximum atomic E-state index is 13.2. The molecule has 100 valence electrons. The van der Waals surface area contributed by atoms with Crippen molar-refractivity contribution >= 4 is 17.3 Å². The normalized spacial score (nSPS) is 17.5. The third kappa shape index (κ3) is 2.96. The van der Waals surface area contributed by atoms with Crippen molar-refractivity contribution in [2.45, 2.75) is 24.8 Å². The predicted molar refractivity (Wildman–Crippen MR) is 74.9 cm³/mol. The first-order valence-corrected chi connectivity index (χ1v) is 6.91. The summed E-state index contributed by atoms with van der Waals surface area (Å²) in [6.07, 6.45) is 2.29. The van der Waals surface area contributed by atoms with E-state index in [1.54, 1.807) is 6.07 Å². The van der Waals surface area contributed by atoms with Gasteiger partial charge in [-0.1, -0.05) is 0 Å². The molecular formula is C14H20ClFN2. The van der Waals surface area contributed by atoms with Gasteiger partial charge in [-0.3, -0.25) is 0 Å². The van der Waals surface area contributed by atoms with Crippen LogP contribution in [0.15, 0.2) is 18.2 Å². The molecule has 0 atom stereocenters. The van der Waals surface area contributed by atoms with E-state index in [4.69, 9.17) is 11.6 Å². The second-order valence-corrected chi connectivity index (χ2v) is 5.36. The minimum absolute atomic E-state index is 0.211. The van der Waals surface area contributed by atoms with Crippen molar-refractivity contribution in [3.05, 3.63) is 29.6 Å². The van der Waals surface area contributed by atoms with E-state index in [0.29, 0.717) is 11.9 Å². The van der Waals surface area contributed by atoms with E-state index in [9.17, 15) is 4.39 Å². The number of hydrogen-bond donors (Lipinski definition) is 0. The standard InChI is InChI=1S/C14H20ClFN2/c1-17(2)13-5-7-18(8-6-13)14-4-3-12(16)9-11(14)10-15/h3-4,9,13H,5-8,10H2,1-2H3. The zero-order chi connectivity index (χ0) is 13.1. The first kappa shape index (κ1) is 13.6. The van der Waals surface area contributed by atoms with Gasteiger partial charge in [0.25, 0.3) is 0 Å². The Labute approximate surface area is 113 Å². The molecule has 1 saturated heterocycles. The van der Waals surface area contributed by atoms with Gasteiger partial charge in [0.15, 0.2) is 0 Å². The molecule has 1 fully saturated rings. The number of piperidine rings is 1. The molecule has 1 aromatic rings. The Morgan fingerprint density at radius 2 is 2.00 bits per heavy atom. The van der Waals surface area contributed by atoms with Crippen LogP contribution >= 0.6 is 11.6 Å². The van der Waals surface area contributed by atoms with Gasteiger partial charge in [-0.05, 0) is 50.7 Å². The van der Waals surface area contributed by atoms with Crippen LogP contribution in [0.25, 0.3) is 0 Å². The topological polar surface area (TPSA) is 6.48 Å². The van der Waals surface area contributed by atoms with Gasteiger partial charge in [-0.2, -0.15) is 0 Å². The van der Waals surface area contributed by atoms with Crippen molar-refractivity contribution in [1.29, 1.82) is 0 Å². The van der Waals surface area contributed by atoms with Gasteiger partial charge >= 0.3 is 0 Å². The van der Waals surface area contributed by atoms with Crippen molar-refractivity contribution in [1.82, 2.24) is 4.90 Å². The number of hydrogen-bond acceptors (Lipinski definition) is 2. The van der Waals surface area contributed by atoms with Crippen LogP contribution in [0.1, 0.15) is 18.4 Å². The fourth-order valence-electron chi connectivity index (χ4n) is 2.59. The second-order valence-electron chi connectivity index (χ2n) is 5.09. The van der Waals surface area contributed by atoms with E-state index >= 15 is 0 Å². The fraction of sp³-hybridized carbons (Fsp3) is 0.571. The van der Waals surface area contributed by atoms with Gasteiger partial charge in [-0.15, -0.1) is 11.6 Å². The van der Waals surface area contributed by atoms with Gasteiger partial charge in [0, 0.05) is 30.7 Å². The summed E-state index contributed by atoms with van der Waals surface area (Å²) in [5, 5.41) is 0. The van der Waals surface area contributed by atoms with E-state index in [1.807, 2.05) is 6.07 Å². The predicted octanol–water partition coefficient (Wildman–Crippen LogP) is 3.09. The minimum atomic E-state index is -0.211. The molecule has 2 rings (SSSR count). The van der Waals surface area contributed by atoms with Crippen LogP contribution in [0.4, 0.5) is 10.1 Å². The van der Waals surface area contributed by atoms with Crippen molar-refractivity contribution in [3.8, 4) is 0 Å². The Morgan fingerprint density at radius 3 is 2.56 bits per heavy atom. The Bertz CT molecular complexity index is 401. The minimum Gasteiger partial charge on any atom is -0.371 e. The van der Waals surface area contributed by atoms with E-state index in [-0.39, 0.29) is 5.82 Å². The SMILES string of the molecule is CN(C)C1CCN(c2ccc(F)cc2CCl)CC1. The average molecular weight is 271 g/mol. The van der Waals surface area contributed by atoms with E-state index in [1.165, 1.54) is 6.07 Å². The largest absolute Gasteiger partial charge is 0.371 e. The number of halogens is 2. The lowest BCUT2D eigenvalue weighted by molar-refractivity contribution is 0.249. The van der Waals surface area contributed by atoms with Crippen molar-refractivity contribution in [3.63, 3.8) is 0 Å². The summed E-state index contributed by atoms with van der Waals surface area (Å²) in [5.74, 6) is 0.151. The van der Waals surface area contributed by atoms with Crippen LogP contribution in [-0.4, -0.2) is 38.1 Å². The van der Waals surface area contributed by atoms with Crippen LogP contribution in [0.5, 0.6) is 0 Å². The lowest BCUT2D eigenvalue weighted by Crippen LogP contribution is -2.42. The summed E-state index contributed by atoms with van der Waals surface area (Å²) in [5.41, 5.74) is 1.98. The zero-order valence-electron chi connectivity index (χ0n) is 11.0.